The third-order valence-corrected chi connectivity index (χ3v) is 9.66. The van der Waals surface area contributed by atoms with Crippen LogP contribution in [0.3, 0.4) is 0 Å². The Balaban J connectivity index is 0.00000361. The smallest absolute Gasteiger partial charge is 0.136 e. The molecule has 0 unspecified atom stereocenters. The topological polar surface area (TPSA) is 73.8 Å². The van der Waals surface area contributed by atoms with Crippen LogP contribution in [-0.4, -0.2) is 15.3 Å². The summed E-state index contributed by atoms with van der Waals surface area (Å²) in [6, 6.07) is 51.0. The van der Waals surface area contributed by atoms with Crippen molar-refractivity contribution >= 4 is 43.5 Å². The molecule has 1 aromatic heterocycles. The van der Waals surface area contributed by atoms with Crippen molar-refractivity contribution in [3.8, 4) is 61.8 Å². The standard InChI is InChI=1S/C45H29O4.U/c1-26-35(25-38(46)45(48)44(26)47)42-33-18-10-8-16-31(33)41(32-17-9-11-19-34(32)42)29-20-21-39-37(22-29)43-36(28-14-6-3-7-15-28)23-30(24-40(43)49-39)27-12-4-2-5-13-27;/h2-24,46-48H,1H3;/q-1;. The third kappa shape index (κ3) is 4.97. The van der Waals surface area contributed by atoms with Gasteiger partial charge in [-0.25, -0.2) is 0 Å². The Morgan fingerprint density at radius 1 is 0.480 bits per heavy atom. The molecule has 50 heavy (non-hydrogen) atoms. The molecular formula is C45H29O4U-. The molecule has 0 spiro atoms. The molecule has 0 bridgehead atoms. The van der Waals surface area contributed by atoms with Crippen LogP contribution in [0.1, 0.15) is 5.56 Å². The van der Waals surface area contributed by atoms with Crippen molar-refractivity contribution in [2.24, 2.45) is 0 Å². The van der Waals surface area contributed by atoms with Gasteiger partial charge < -0.3 is 19.7 Å². The van der Waals surface area contributed by atoms with E-state index in [0.717, 1.165) is 82.4 Å². The van der Waals surface area contributed by atoms with E-state index in [4.69, 9.17) is 4.42 Å². The third-order valence-electron chi connectivity index (χ3n) is 9.66. The van der Waals surface area contributed by atoms with Crippen molar-refractivity contribution in [1.82, 2.24) is 0 Å². The Hall–Kier alpha value is -5.47. The first-order chi connectivity index (χ1) is 24.0. The minimum absolute atomic E-state index is 0. The van der Waals surface area contributed by atoms with E-state index in [1.165, 1.54) is 0 Å². The Labute approximate surface area is 312 Å². The number of rotatable bonds is 4. The molecule has 0 saturated heterocycles. The number of furan rings is 1. The molecule has 0 aliphatic carbocycles. The Morgan fingerprint density at radius 3 is 1.66 bits per heavy atom. The summed E-state index contributed by atoms with van der Waals surface area (Å²) in [6.07, 6.45) is 0. The summed E-state index contributed by atoms with van der Waals surface area (Å²) in [5.41, 5.74) is 9.99. The van der Waals surface area contributed by atoms with E-state index in [1.807, 2.05) is 36.4 Å². The first-order valence-electron chi connectivity index (χ1n) is 16.2. The maximum Gasteiger partial charge on any atom is 0.136 e. The van der Waals surface area contributed by atoms with Gasteiger partial charge in [0, 0.05) is 41.9 Å². The number of aromatic hydroxyl groups is 3. The molecule has 8 aromatic carbocycles. The quantitative estimate of drug-likeness (QED) is 0.0936. The van der Waals surface area contributed by atoms with Crippen molar-refractivity contribution in [3.05, 3.63) is 151 Å². The normalized spacial score (nSPS) is 11.4. The van der Waals surface area contributed by atoms with Crippen LogP contribution in [0.2, 0.25) is 0 Å². The molecule has 0 radical (unpaired) electrons. The number of phenolic OH excluding ortho intramolecular Hbond substituents is 3. The summed E-state index contributed by atoms with van der Waals surface area (Å²) in [4.78, 5) is 0. The number of benzene rings is 8. The van der Waals surface area contributed by atoms with Gasteiger partial charge in [0.15, 0.2) is 0 Å². The fourth-order valence-electron chi connectivity index (χ4n) is 7.34. The van der Waals surface area contributed by atoms with Crippen molar-refractivity contribution in [2.75, 3.05) is 0 Å². The second-order valence-corrected chi connectivity index (χ2v) is 12.5. The number of fused-ring (bicyclic) bond motifs is 5. The fourth-order valence-corrected chi connectivity index (χ4v) is 7.34. The molecule has 0 aliphatic heterocycles. The van der Waals surface area contributed by atoms with Gasteiger partial charge in [0.25, 0.3) is 0 Å². The van der Waals surface area contributed by atoms with Crippen LogP contribution in [0.25, 0.3) is 88.0 Å². The minimum Gasteiger partial charge on any atom is -0.545 e. The molecule has 0 aliphatic rings. The second kappa shape index (κ2) is 12.4. The van der Waals surface area contributed by atoms with Crippen LogP contribution < -0.4 is 0 Å². The van der Waals surface area contributed by atoms with Crippen LogP contribution in [0.4, 0.5) is 0 Å². The average Bonchev–Trinajstić information content (AvgIpc) is 3.53. The molecule has 4 nitrogen and oxygen atoms in total. The first kappa shape index (κ1) is 31.8. The van der Waals surface area contributed by atoms with Crippen molar-refractivity contribution < 1.29 is 50.8 Å². The zero-order chi connectivity index (χ0) is 33.2. The molecule has 0 amide bonds. The van der Waals surface area contributed by atoms with Crippen LogP contribution >= 0.6 is 0 Å². The molecule has 9 aromatic rings. The maximum absolute atomic E-state index is 10.7. The zero-order valence-corrected chi connectivity index (χ0v) is 31.2. The monoisotopic (exact) mass is 871 g/mol. The van der Waals surface area contributed by atoms with E-state index < -0.39 is 11.5 Å². The molecule has 3 N–H and O–H groups in total. The molecule has 0 saturated carbocycles. The summed E-state index contributed by atoms with van der Waals surface area (Å²) in [5, 5.41) is 37.5. The molecule has 9 rings (SSSR count). The Morgan fingerprint density at radius 2 is 1.04 bits per heavy atom. The SMILES string of the molecule is Cc1c(-c2c3ccccc3c(-c3ccc4oc5cc(-c6ccccc6)cc(-c6ccccc6)c5c4c3)c3ccccc23)[c-]c(O)c(O)c1O.[U]. The molecular weight excluding hydrogens is 843 g/mol. The summed E-state index contributed by atoms with van der Waals surface area (Å²) in [6.45, 7) is 1.73. The first-order valence-corrected chi connectivity index (χ1v) is 16.2. The maximum atomic E-state index is 10.7. The number of hydrogen-bond acceptors (Lipinski definition) is 4. The van der Waals surface area contributed by atoms with E-state index in [9.17, 15) is 15.3 Å². The largest absolute Gasteiger partial charge is 0.545 e. The van der Waals surface area contributed by atoms with Gasteiger partial charge in [-0.05, 0) is 68.4 Å². The summed E-state index contributed by atoms with van der Waals surface area (Å²) >= 11 is 0. The van der Waals surface area contributed by atoms with Crippen molar-refractivity contribution in [2.45, 2.75) is 6.92 Å². The molecule has 0 atom stereocenters. The van der Waals surface area contributed by atoms with Gasteiger partial charge in [-0.2, -0.15) is 0 Å². The number of phenols is 3. The average molecular weight is 872 g/mol. The van der Waals surface area contributed by atoms with Crippen molar-refractivity contribution in [1.29, 1.82) is 0 Å². The van der Waals surface area contributed by atoms with E-state index in [2.05, 4.69) is 109 Å². The van der Waals surface area contributed by atoms with Gasteiger partial charge in [0.05, 0.1) is 11.5 Å². The number of hydrogen-bond donors (Lipinski definition) is 3. The van der Waals surface area contributed by atoms with E-state index in [1.54, 1.807) is 6.92 Å². The van der Waals surface area contributed by atoms with E-state index >= 15 is 0 Å². The molecule has 0 fully saturated rings. The molecule has 238 valence electrons. The van der Waals surface area contributed by atoms with E-state index in [0.29, 0.717) is 11.1 Å². The predicted octanol–water partition coefficient (Wildman–Crippen LogP) is 11.8. The van der Waals surface area contributed by atoms with Gasteiger partial charge in [0.2, 0.25) is 0 Å². The van der Waals surface area contributed by atoms with Gasteiger partial charge >= 0.3 is 0 Å². The molecule has 5 heteroatoms. The molecule has 1 heterocycles. The Bertz CT molecular complexity index is 2690. The zero-order valence-electron chi connectivity index (χ0n) is 27.0. The summed E-state index contributed by atoms with van der Waals surface area (Å²) in [5.74, 6) is -1.42. The summed E-state index contributed by atoms with van der Waals surface area (Å²) in [7, 11) is 0. The second-order valence-electron chi connectivity index (χ2n) is 12.5. The summed E-state index contributed by atoms with van der Waals surface area (Å²) < 4.78 is 6.59. The Kier molecular flexibility index (Phi) is 7.91. The van der Waals surface area contributed by atoms with Crippen LogP contribution in [0.5, 0.6) is 17.2 Å². The van der Waals surface area contributed by atoms with Gasteiger partial charge in [-0.1, -0.05) is 150 Å². The van der Waals surface area contributed by atoms with Crippen molar-refractivity contribution in [3.63, 3.8) is 0 Å². The van der Waals surface area contributed by atoms with Gasteiger partial charge in [0.1, 0.15) is 16.9 Å². The predicted molar refractivity (Wildman–Crippen MR) is 199 cm³/mol. The fraction of sp³-hybridized carbons (Fsp3) is 0.0222. The van der Waals surface area contributed by atoms with Crippen LogP contribution in [0.15, 0.2) is 144 Å². The van der Waals surface area contributed by atoms with Gasteiger partial charge in [-0.3, -0.25) is 0 Å². The van der Waals surface area contributed by atoms with Gasteiger partial charge in [-0.15, -0.1) is 5.56 Å². The van der Waals surface area contributed by atoms with Crippen LogP contribution in [-0.2, 0) is 0 Å². The van der Waals surface area contributed by atoms with E-state index in [-0.39, 0.29) is 36.9 Å². The minimum atomic E-state index is -0.571. The van der Waals surface area contributed by atoms with Crippen LogP contribution in [0, 0.1) is 44.1 Å².